The van der Waals surface area contributed by atoms with Crippen molar-refractivity contribution in [2.45, 2.75) is 0 Å². The Balaban J connectivity index is 2.58. The summed E-state index contributed by atoms with van der Waals surface area (Å²) in [4.78, 5) is 3.81. The van der Waals surface area contributed by atoms with Crippen LogP contribution in [0.4, 0.5) is 10.1 Å². The van der Waals surface area contributed by atoms with E-state index in [1.165, 1.54) is 12.1 Å². The van der Waals surface area contributed by atoms with Crippen LogP contribution >= 0.6 is 35.4 Å². The fourth-order valence-corrected chi connectivity index (χ4v) is 2.37. The van der Waals surface area contributed by atoms with Crippen molar-refractivity contribution in [3.63, 3.8) is 0 Å². The summed E-state index contributed by atoms with van der Waals surface area (Å²) in [6.07, 6.45) is 0. The van der Waals surface area contributed by atoms with Gasteiger partial charge in [-0.1, -0.05) is 35.3 Å². The van der Waals surface area contributed by atoms with Gasteiger partial charge >= 0.3 is 0 Å². The lowest BCUT2D eigenvalue weighted by Crippen LogP contribution is -1.83. The van der Waals surface area contributed by atoms with Crippen LogP contribution in [0.25, 0.3) is 11.1 Å². The largest absolute Gasteiger partial charge is 0.207 e. The predicted molar refractivity (Wildman–Crippen MR) is 76.5 cm³/mol. The van der Waals surface area contributed by atoms with Crippen molar-refractivity contribution in [1.29, 1.82) is 0 Å². The van der Waals surface area contributed by atoms with Crippen LogP contribution in [0.5, 0.6) is 0 Å². The predicted octanol–water partition coefficient (Wildman–Crippen LogP) is 5.53. The zero-order valence-corrected chi connectivity index (χ0v) is 11.3. The van der Waals surface area contributed by atoms with Gasteiger partial charge in [0.05, 0.1) is 20.9 Å². The first-order valence-electron chi connectivity index (χ1n) is 4.94. The summed E-state index contributed by atoms with van der Waals surface area (Å²) in [7, 11) is 0. The zero-order valence-electron chi connectivity index (χ0n) is 8.95. The van der Waals surface area contributed by atoms with E-state index in [4.69, 9.17) is 23.2 Å². The molecule has 2 rings (SSSR count). The number of hydrogen-bond donors (Lipinski definition) is 0. The van der Waals surface area contributed by atoms with E-state index in [1.807, 2.05) is 0 Å². The highest BCUT2D eigenvalue weighted by molar-refractivity contribution is 7.78. The number of hydrogen-bond acceptors (Lipinski definition) is 2. The number of thiocarbonyl (C=S) groups is 1. The van der Waals surface area contributed by atoms with Gasteiger partial charge in [0.2, 0.25) is 0 Å². The van der Waals surface area contributed by atoms with E-state index in [1.54, 1.807) is 24.3 Å². The highest BCUT2D eigenvalue weighted by Crippen LogP contribution is 2.37. The van der Waals surface area contributed by atoms with Crippen molar-refractivity contribution in [1.82, 2.24) is 0 Å². The molecule has 0 unspecified atom stereocenters. The molecular formula is C13H6Cl2FNS. The third-order valence-electron chi connectivity index (χ3n) is 2.33. The van der Waals surface area contributed by atoms with Crippen molar-refractivity contribution in [2.24, 2.45) is 4.99 Å². The molecule has 0 radical (unpaired) electrons. The van der Waals surface area contributed by atoms with Gasteiger partial charge in [-0.05, 0) is 42.0 Å². The maximum Gasteiger partial charge on any atom is 0.123 e. The van der Waals surface area contributed by atoms with E-state index in [0.717, 1.165) is 5.56 Å². The van der Waals surface area contributed by atoms with Gasteiger partial charge in [0.25, 0.3) is 0 Å². The number of halogens is 3. The molecular weight excluding hydrogens is 292 g/mol. The average Bonchev–Trinajstić information content (AvgIpc) is 2.31. The van der Waals surface area contributed by atoms with Gasteiger partial charge in [-0.3, -0.25) is 0 Å². The van der Waals surface area contributed by atoms with Crippen LogP contribution in [-0.4, -0.2) is 5.16 Å². The summed E-state index contributed by atoms with van der Waals surface area (Å²) in [6.45, 7) is 0. The number of nitrogens with zero attached hydrogens (tertiary/aromatic N) is 1. The van der Waals surface area contributed by atoms with E-state index in [9.17, 15) is 4.39 Å². The molecule has 0 spiro atoms. The molecule has 18 heavy (non-hydrogen) atoms. The Bertz CT molecular complexity index is 611. The van der Waals surface area contributed by atoms with Crippen molar-refractivity contribution in [3.8, 4) is 11.1 Å². The van der Waals surface area contributed by atoms with E-state index in [-0.39, 0.29) is 5.82 Å². The maximum absolute atomic E-state index is 12.9. The molecule has 0 aliphatic rings. The maximum atomic E-state index is 12.9. The first kappa shape index (κ1) is 13.2. The number of benzene rings is 2. The molecule has 0 aromatic heterocycles. The second kappa shape index (κ2) is 5.59. The molecule has 0 heterocycles. The summed E-state index contributed by atoms with van der Waals surface area (Å²) in [5, 5.41) is 3.10. The molecule has 1 nitrogen and oxygen atoms in total. The third-order valence-corrected chi connectivity index (χ3v) is 3.02. The van der Waals surface area contributed by atoms with Gasteiger partial charge in [-0.15, -0.1) is 0 Å². The second-order valence-electron chi connectivity index (χ2n) is 3.49. The topological polar surface area (TPSA) is 12.4 Å². The molecule has 0 aliphatic carbocycles. The quantitative estimate of drug-likeness (QED) is 0.524. The number of isothiocyanates is 1. The van der Waals surface area contributed by atoms with Crippen LogP contribution in [0, 0.1) is 5.82 Å². The SMILES string of the molecule is Fc1ccc(-c2c(Cl)cc(N=C=S)cc2Cl)cc1. The van der Waals surface area contributed by atoms with Crippen molar-refractivity contribution >= 4 is 46.3 Å². The summed E-state index contributed by atoms with van der Waals surface area (Å²) in [6, 6.07) is 9.20. The van der Waals surface area contributed by atoms with Crippen molar-refractivity contribution in [3.05, 3.63) is 52.3 Å². The van der Waals surface area contributed by atoms with Gasteiger partial charge in [0, 0.05) is 5.56 Å². The van der Waals surface area contributed by atoms with Gasteiger partial charge in [-0.2, -0.15) is 4.99 Å². The molecule has 0 amide bonds. The Morgan fingerprint density at radius 1 is 1.06 bits per heavy atom. The van der Waals surface area contributed by atoms with E-state index in [2.05, 4.69) is 22.4 Å². The zero-order chi connectivity index (χ0) is 13.1. The monoisotopic (exact) mass is 297 g/mol. The van der Waals surface area contributed by atoms with Crippen LogP contribution in [-0.2, 0) is 0 Å². The van der Waals surface area contributed by atoms with Crippen LogP contribution in [0.15, 0.2) is 41.4 Å². The number of rotatable bonds is 2. The van der Waals surface area contributed by atoms with Gasteiger partial charge in [-0.25, -0.2) is 4.39 Å². The minimum atomic E-state index is -0.312. The third kappa shape index (κ3) is 2.77. The van der Waals surface area contributed by atoms with E-state index in [0.29, 0.717) is 21.3 Å². The highest BCUT2D eigenvalue weighted by Gasteiger charge is 2.10. The van der Waals surface area contributed by atoms with Gasteiger partial charge < -0.3 is 0 Å². The van der Waals surface area contributed by atoms with Crippen molar-refractivity contribution in [2.75, 3.05) is 0 Å². The smallest absolute Gasteiger partial charge is 0.123 e. The second-order valence-corrected chi connectivity index (χ2v) is 4.49. The van der Waals surface area contributed by atoms with E-state index >= 15 is 0 Å². The molecule has 0 aliphatic heterocycles. The Labute approximate surface area is 119 Å². The first-order valence-corrected chi connectivity index (χ1v) is 6.11. The lowest BCUT2D eigenvalue weighted by Gasteiger charge is -2.08. The average molecular weight is 298 g/mol. The molecule has 0 fully saturated rings. The minimum Gasteiger partial charge on any atom is -0.207 e. The van der Waals surface area contributed by atoms with Crippen molar-refractivity contribution < 1.29 is 4.39 Å². The van der Waals surface area contributed by atoms with E-state index < -0.39 is 0 Å². The summed E-state index contributed by atoms with van der Waals surface area (Å²) < 4.78 is 12.9. The fraction of sp³-hybridized carbons (Fsp3) is 0. The molecule has 5 heteroatoms. The first-order chi connectivity index (χ1) is 8.61. The van der Waals surface area contributed by atoms with Gasteiger partial charge in [0.1, 0.15) is 5.82 Å². The lowest BCUT2D eigenvalue weighted by molar-refractivity contribution is 0.628. The molecule has 90 valence electrons. The number of aliphatic imine (C=N–C) groups is 1. The Hall–Kier alpha value is -1.25. The Kier molecular flexibility index (Phi) is 4.10. The minimum absolute atomic E-state index is 0.312. The molecule has 0 atom stereocenters. The standard InChI is InChI=1S/C13H6Cl2FNS/c14-11-5-10(17-7-18)6-12(15)13(11)8-1-3-9(16)4-2-8/h1-6H. The lowest BCUT2D eigenvalue weighted by atomic mass is 10.1. The van der Waals surface area contributed by atoms with Gasteiger partial charge in [0.15, 0.2) is 0 Å². The molecule has 0 N–H and O–H groups in total. The fourth-order valence-electron chi connectivity index (χ4n) is 1.57. The molecule has 0 bridgehead atoms. The summed E-state index contributed by atoms with van der Waals surface area (Å²) in [5.41, 5.74) is 1.91. The molecule has 0 saturated carbocycles. The summed E-state index contributed by atoms with van der Waals surface area (Å²) >= 11 is 16.8. The highest BCUT2D eigenvalue weighted by atomic mass is 35.5. The van der Waals surface area contributed by atoms with Crippen LogP contribution in [0.2, 0.25) is 10.0 Å². The van der Waals surface area contributed by atoms with Crippen LogP contribution in [0.3, 0.4) is 0 Å². The van der Waals surface area contributed by atoms with Crippen LogP contribution < -0.4 is 0 Å². The molecule has 2 aromatic rings. The molecule has 2 aromatic carbocycles. The molecule has 0 saturated heterocycles. The Morgan fingerprint density at radius 3 is 2.11 bits per heavy atom. The normalized spacial score (nSPS) is 9.94. The Morgan fingerprint density at radius 2 is 1.61 bits per heavy atom. The summed E-state index contributed by atoms with van der Waals surface area (Å²) in [5.74, 6) is -0.312. The van der Waals surface area contributed by atoms with Crippen LogP contribution in [0.1, 0.15) is 0 Å².